The van der Waals surface area contributed by atoms with Crippen LogP contribution in [0.1, 0.15) is 75.5 Å². The molecule has 1 aromatic heterocycles. The molecule has 0 saturated carbocycles. The SMILES string of the molecule is COCC(c1ccc(-n2cc(C)c(NC(=O)c3ccccc3)nc2=O)cc1)N(CCCNC(=O)OC(C)(C)C)C(=O)OC(C)(C)C. The van der Waals surface area contributed by atoms with E-state index in [1.54, 1.807) is 103 Å². The van der Waals surface area contributed by atoms with Gasteiger partial charge in [-0.1, -0.05) is 30.3 Å². The topological polar surface area (TPSA) is 141 Å². The van der Waals surface area contributed by atoms with Gasteiger partial charge in [-0.25, -0.2) is 14.4 Å². The summed E-state index contributed by atoms with van der Waals surface area (Å²) in [6, 6.07) is 15.3. The van der Waals surface area contributed by atoms with E-state index in [4.69, 9.17) is 14.2 Å². The average molecular weight is 636 g/mol. The predicted octanol–water partition coefficient (Wildman–Crippen LogP) is 5.63. The van der Waals surface area contributed by atoms with E-state index in [-0.39, 0.29) is 31.4 Å². The van der Waals surface area contributed by atoms with Crippen LogP contribution in [0.3, 0.4) is 0 Å². The Morgan fingerprint density at radius 1 is 0.935 bits per heavy atom. The Bertz CT molecular complexity index is 1540. The molecule has 1 atom stereocenters. The van der Waals surface area contributed by atoms with Crippen LogP contribution in [0.2, 0.25) is 0 Å². The average Bonchev–Trinajstić information content (AvgIpc) is 2.97. The molecule has 1 unspecified atom stereocenters. The van der Waals surface area contributed by atoms with E-state index >= 15 is 0 Å². The van der Waals surface area contributed by atoms with Gasteiger partial charge in [0, 0.05) is 37.5 Å². The van der Waals surface area contributed by atoms with Gasteiger partial charge < -0.3 is 24.8 Å². The highest BCUT2D eigenvalue weighted by Crippen LogP contribution is 2.25. The normalized spacial score (nSPS) is 12.2. The zero-order valence-electron chi connectivity index (χ0n) is 27.9. The van der Waals surface area contributed by atoms with Crippen LogP contribution in [0, 0.1) is 6.92 Å². The Hall–Kier alpha value is -4.71. The summed E-state index contributed by atoms with van der Waals surface area (Å²) in [5.74, 6) is -0.182. The molecule has 2 aromatic carbocycles. The van der Waals surface area contributed by atoms with Crippen LogP contribution >= 0.6 is 0 Å². The maximum absolute atomic E-state index is 13.4. The van der Waals surface area contributed by atoms with Crippen LogP contribution in [-0.4, -0.2) is 70.6 Å². The number of methoxy groups -OCH3 is 1. The lowest BCUT2D eigenvalue weighted by atomic mass is 10.0. The van der Waals surface area contributed by atoms with Crippen molar-refractivity contribution in [2.75, 3.05) is 32.1 Å². The second-order valence-corrected chi connectivity index (χ2v) is 12.8. The summed E-state index contributed by atoms with van der Waals surface area (Å²) >= 11 is 0. The van der Waals surface area contributed by atoms with Gasteiger partial charge >= 0.3 is 17.9 Å². The Labute approximate surface area is 270 Å². The number of rotatable bonds is 11. The molecule has 0 aliphatic carbocycles. The van der Waals surface area contributed by atoms with E-state index in [9.17, 15) is 19.2 Å². The molecule has 0 aliphatic heterocycles. The number of amides is 3. The molecule has 46 heavy (non-hydrogen) atoms. The summed E-state index contributed by atoms with van der Waals surface area (Å²) in [5.41, 5.74) is 0.429. The number of nitrogens with zero attached hydrogens (tertiary/aromatic N) is 3. The predicted molar refractivity (Wildman–Crippen MR) is 175 cm³/mol. The Balaban J connectivity index is 1.82. The van der Waals surface area contributed by atoms with Crippen molar-refractivity contribution in [2.24, 2.45) is 0 Å². The molecule has 3 amide bonds. The zero-order valence-corrected chi connectivity index (χ0v) is 27.9. The number of ether oxygens (including phenoxy) is 3. The Morgan fingerprint density at radius 3 is 2.15 bits per heavy atom. The summed E-state index contributed by atoms with van der Waals surface area (Å²) in [6.07, 6.45) is 0.985. The van der Waals surface area contributed by atoms with Crippen molar-refractivity contribution >= 4 is 23.9 Å². The second kappa shape index (κ2) is 15.5. The molecule has 12 nitrogen and oxygen atoms in total. The van der Waals surface area contributed by atoms with E-state index in [0.29, 0.717) is 23.2 Å². The van der Waals surface area contributed by atoms with Crippen molar-refractivity contribution in [3.63, 3.8) is 0 Å². The first-order valence-corrected chi connectivity index (χ1v) is 15.1. The van der Waals surface area contributed by atoms with Crippen molar-refractivity contribution in [3.8, 4) is 5.69 Å². The number of aryl methyl sites for hydroxylation is 1. The molecule has 0 fully saturated rings. The Morgan fingerprint density at radius 2 is 1.57 bits per heavy atom. The van der Waals surface area contributed by atoms with E-state index in [0.717, 1.165) is 5.56 Å². The quantitative estimate of drug-likeness (QED) is 0.258. The molecular weight excluding hydrogens is 590 g/mol. The van der Waals surface area contributed by atoms with Gasteiger partial charge in [-0.3, -0.25) is 14.3 Å². The van der Waals surface area contributed by atoms with Crippen molar-refractivity contribution in [2.45, 2.75) is 72.1 Å². The third-order valence-corrected chi connectivity index (χ3v) is 6.51. The first kappa shape index (κ1) is 35.8. The highest BCUT2D eigenvalue weighted by molar-refractivity contribution is 6.04. The minimum atomic E-state index is -0.732. The number of hydrogen-bond donors (Lipinski definition) is 2. The molecule has 0 spiro atoms. The van der Waals surface area contributed by atoms with Crippen LogP contribution in [0.25, 0.3) is 5.69 Å². The number of nitrogens with one attached hydrogen (secondary N) is 2. The molecule has 3 aromatic rings. The third-order valence-electron chi connectivity index (χ3n) is 6.51. The molecule has 1 heterocycles. The van der Waals surface area contributed by atoms with Gasteiger partial charge in [0.1, 0.15) is 17.0 Å². The fourth-order valence-electron chi connectivity index (χ4n) is 4.46. The Kier molecular flexibility index (Phi) is 12.1. The number of aromatic nitrogens is 2. The van der Waals surface area contributed by atoms with E-state index in [2.05, 4.69) is 15.6 Å². The molecule has 0 radical (unpaired) electrons. The van der Waals surface area contributed by atoms with E-state index in [1.807, 2.05) is 18.2 Å². The summed E-state index contributed by atoms with van der Waals surface area (Å²) in [5, 5.41) is 5.42. The highest BCUT2D eigenvalue weighted by atomic mass is 16.6. The fraction of sp³-hybridized carbons (Fsp3) is 0.441. The molecule has 0 aliphatic rings. The van der Waals surface area contributed by atoms with Crippen molar-refractivity contribution in [3.05, 3.63) is 88.0 Å². The van der Waals surface area contributed by atoms with Gasteiger partial charge in [0.2, 0.25) is 0 Å². The maximum Gasteiger partial charge on any atom is 0.410 e. The summed E-state index contributed by atoms with van der Waals surface area (Å²) in [4.78, 5) is 56.8. The molecule has 3 rings (SSSR count). The van der Waals surface area contributed by atoms with Crippen LogP contribution in [0.4, 0.5) is 15.4 Å². The molecule has 12 heteroatoms. The lowest BCUT2D eigenvalue weighted by molar-refractivity contribution is 0.00503. The highest BCUT2D eigenvalue weighted by Gasteiger charge is 2.29. The lowest BCUT2D eigenvalue weighted by Gasteiger charge is -2.33. The number of carbonyl (C=O) groups excluding carboxylic acids is 3. The summed E-state index contributed by atoms with van der Waals surface area (Å²) < 4.78 is 17.9. The maximum atomic E-state index is 13.4. The first-order chi connectivity index (χ1) is 21.6. The molecular formula is C34H45N5O7. The smallest absolute Gasteiger partial charge is 0.410 e. The van der Waals surface area contributed by atoms with Gasteiger partial charge in [-0.05, 0) is 84.7 Å². The molecule has 0 bridgehead atoms. The van der Waals surface area contributed by atoms with E-state index < -0.39 is 35.1 Å². The van der Waals surface area contributed by atoms with Gasteiger partial charge in [0.05, 0.1) is 18.3 Å². The van der Waals surface area contributed by atoms with Crippen molar-refractivity contribution in [1.82, 2.24) is 19.8 Å². The first-order valence-electron chi connectivity index (χ1n) is 15.1. The number of carbonyl (C=O) groups is 3. The third kappa shape index (κ3) is 10.7. The summed E-state index contributed by atoms with van der Waals surface area (Å²) in [7, 11) is 1.55. The van der Waals surface area contributed by atoms with Gasteiger partial charge in [0.25, 0.3) is 5.91 Å². The van der Waals surface area contributed by atoms with Crippen LogP contribution in [0.15, 0.2) is 65.6 Å². The van der Waals surface area contributed by atoms with Crippen LogP contribution < -0.4 is 16.3 Å². The molecule has 0 saturated heterocycles. The van der Waals surface area contributed by atoms with Crippen LogP contribution in [-0.2, 0) is 14.2 Å². The van der Waals surface area contributed by atoms with Crippen molar-refractivity contribution in [1.29, 1.82) is 0 Å². The minimum Gasteiger partial charge on any atom is -0.444 e. The largest absolute Gasteiger partial charge is 0.444 e. The van der Waals surface area contributed by atoms with Gasteiger partial charge in [-0.15, -0.1) is 0 Å². The van der Waals surface area contributed by atoms with Crippen LogP contribution in [0.5, 0.6) is 0 Å². The summed E-state index contributed by atoms with van der Waals surface area (Å²) in [6.45, 7) is 13.2. The zero-order chi connectivity index (χ0) is 34.1. The minimum absolute atomic E-state index is 0.175. The standard InChI is InChI=1S/C34H45N5O7/c1-23-21-39(30(41)37-28(23)36-29(40)25-13-10-9-11-14-25)26-17-15-24(16-18-26)27(22-44-8)38(32(43)46-34(5,6)7)20-12-19-35-31(42)45-33(2,3)4/h9-11,13-18,21,27H,12,19-20,22H2,1-8H3,(H,35,42)(H,36,37,40,41). The fourth-order valence-corrected chi connectivity index (χ4v) is 4.46. The van der Waals surface area contributed by atoms with Gasteiger partial charge in [0.15, 0.2) is 0 Å². The molecule has 2 N–H and O–H groups in total. The second-order valence-electron chi connectivity index (χ2n) is 12.8. The number of benzene rings is 2. The van der Waals surface area contributed by atoms with Crippen molar-refractivity contribution < 1.29 is 28.6 Å². The number of hydrogen-bond acceptors (Lipinski definition) is 8. The van der Waals surface area contributed by atoms with E-state index in [1.165, 1.54) is 4.57 Å². The number of alkyl carbamates (subject to hydrolysis) is 1. The number of anilines is 1. The monoisotopic (exact) mass is 635 g/mol. The molecule has 248 valence electrons. The lowest BCUT2D eigenvalue weighted by Crippen LogP contribution is -2.42. The van der Waals surface area contributed by atoms with Gasteiger partial charge in [-0.2, -0.15) is 4.98 Å².